The highest BCUT2D eigenvalue weighted by Crippen LogP contribution is 2.41. The topological polar surface area (TPSA) is 50.7 Å². The Morgan fingerprint density at radius 1 is 1.19 bits per heavy atom. The minimum absolute atomic E-state index is 0.749. The van der Waals surface area contributed by atoms with E-state index in [9.17, 15) is 0 Å². The zero-order chi connectivity index (χ0) is 21.4. The smallest absolute Gasteiger partial charge is 0.146 e. The molecule has 2 aromatic heterocycles. The lowest BCUT2D eigenvalue weighted by molar-refractivity contribution is 0.0331. The van der Waals surface area contributed by atoms with Gasteiger partial charge in [0, 0.05) is 37.1 Å². The molecule has 0 atom stereocenters. The first-order chi connectivity index (χ1) is 15.1. The number of methoxy groups -OCH3 is 1. The summed E-state index contributed by atoms with van der Waals surface area (Å²) in [6.45, 7) is 7.10. The molecule has 1 aromatic carbocycles. The van der Waals surface area contributed by atoms with Crippen LogP contribution < -0.4 is 9.64 Å². The van der Waals surface area contributed by atoms with Gasteiger partial charge in [-0.2, -0.15) is 0 Å². The minimum atomic E-state index is 0.749. The number of thiophene rings is 1. The van der Waals surface area contributed by atoms with Crippen molar-refractivity contribution in [3.8, 4) is 5.75 Å². The van der Waals surface area contributed by atoms with E-state index in [1.54, 1.807) is 7.11 Å². The van der Waals surface area contributed by atoms with E-state index in [1.165, 1.54) is 39.8 Å². The van der Waals surface area contributed by atoms with E-state index < -0.39 is 0 Å². The Balaban J connectivity index is 1.53. The molecule has 2 aliphatic rings. The van der Waals surface area contributed by atoms with Crippen LogP contribution in [-0.2, 0) is 30.7 Å². The fourth-order valence-electron chi connectivity index (χ4n) is 4.69. The number of aromatic nitrogens is 2. The van der Waals surface area contributed by atoms with Crippen molar-refractivity contribution in [3.05, 3.63) is 45.6 Å². The van der Waals surface area contributed by atoms with E-state index in [1.807, 2.05) is 11.3 Å². The van der Waals surface area contributed by atoms with Crippen molar-refractivity contribution in [2.24, 2.45) is 0 Å². The van der Waals surface area contributed by atoms with Crippen LogP contribution in [0.15, 0.2) is 18.2 Å². The van der Waals surface area contributed by atoms with Crippen molar-refractivity contribution in [3.63, 3.8) is 0 Å². The molecule has 0 N–H and O–H groups in total. The van der Waals surface area contributed by atoms with Gasteiger partial charge in [-0.25, -0.2) is 9.97 Å². The average molecular weight is 439 g/mol. The molecule has 1 aliphatic carbocycles. The highest BCUT2D eigenvalue weighted by Gasteiger charge is 2.25. The summed E-state index contributed by atoms with van der Waals surface area (Å²) in [4.78, 5) is 17.4. The zero-order valence-corrected chi connectivity index (χ0v) is 19.4. The van der Waals surface area contributed by atoms with Gasteiger partial charge >= 0.3 is 0 Å². The second-order valence-corrected chi connectivity index (χ2v) is 9.64. The summed E-state index contributed by atoms with van der Waals surface area (Å²) in [6, 6.07) is 6.36. The van der Waals surface area contributed by atoms with Crippen LogP contribution in [0.5, 0.6) is 5.75 Å². The number of anilines is 1. The van der Waals surface area contributed by atoms with Crippen molar-refractivity contribution < 1.29 is 9.47 Å². The fourth-order valence-corrected chi connectivity index (χ4v) is 5.96. The Morgan fingerprint density at radius 3 is 2.84 bits per heavy atom. The number of hydrogen-bond acceptors (Lipinski definition) is 7. The van der Waals surface area contributed by atoms with Crippen LogP contribution in [0, 0.1) is 6.92 Å². The molecule has 5 rings (SSSR count). The molecule has 0 bridgehead atoms. The number of benzene rings is 1. The second-order valence-electron chi connectivity index (χ2n) is 8.56. The molecule has 3 heterocycles. The number of ether oxygens (including phenoxy) is 2. The number of morpholine rings is 1. The van der Waals surface area contributed by atoms with E-state index in [2.05, 4.69) is 42.0 Å². The summed E-state index contributed by atoms with van der Waals surface area (Å²) in [6.07, 6.45) is 3.54. The maximum atomic E-state index is 5.63. The third-order valence-electron chi connectivity index (χ3n) is 6.27. The molecular weight excluding hydrogens is 408 g/mol. The normalized spacial score (nSPS) is 16.6. The van der Waals surface area contributed by atoms with Gasteiger partial charge in [-0.15, -0.1) is 11.3 Å². The fraction of sp³-hybridized carbons (Fsp3) is 0.500. The van der Waals surface area contributed by atoms with Crippen molar-refractivity contribution >= 4 is 27.4 Å². The molecule has 1 fully saturated rings. The highest BCUT2D eigenvalue weighted by molar-refractivity contribution is 7.19. The summed E-state index contributed by atoms with van der Waals surface area (Å²) >= 11 is 1.86. The Morgan fingerprint density at radius 2 is 2.03 bits per heavy atom. The van der Waals surface area contributed by atoms with Gasteiger partial charge < -0.3 is 14.4 Å². The first-order valence-corrected chi connectivity index (χ1v) is 11.9. The molecule has 1 aliphatic heterocycles. The lowest BCUT2D eigenvalue weighted by Crippen LogP contribution is -2.36. The van der Waals surface area contributed by atoms with E-state index in [0.29, 0.717) is 0 Å². The monoisotopic (exact) mass is 438 g/mol. The number of rotatable bonds is 6. The second kappa shape index (κ2) is 8.73. The predicted octanol–water partition coefficient (Wildman–Crippen LogP) is 3.97. The molecule has 0 radical (unpaired) electrons. The third-order valence-corrected chi connectivity index (χ3v) is 7.45. The summed E-state index contributed by atoms with van der Waals surface area (Å²) in [5.41, 5.74) is 3.89. The lowest BCUT2D eigenvalue weighted by atomic mass is 10.1. The highest BCUT2D eigenvalue weighted by atomic mass is 32.1. The summed E-state index contributed by atoms with van der Waals surface area (Å²) < 4.78 is 11.1. The molecule has 31 heavy (non-hydrogen) atoms. The molecule has 3 aromatic rings. The number of fused-ring (bicyclic) bond motifs is 3. The summed E-state index contributed by atoms with van der Waals surface area (Å²) in [7, 11) is 3.88. The molecule has 7 heteroatoms. The van der Waals surface area contributed by atoms with Crippen molar-refractivity contribution in [2.45, 2.75) is 39.3 Å². The van der Waals surface area contributed by atoms with Gasteiger partial charge in [0.15, 0.2) is 0 Å². The predicted molar refractivity (Wildman–Crippen MR) is 125 cm³/mol. The first kappa shape index (κ1) is 20.7. The van der Waals surface area contributed by atoms with E-state index in [0.717, 1.165) is 68.0 Å². The number of aryl methyl sites for hydroxylation is 3. The van der Waals surface area contributed by atoms with Crippen LogP contribution in [0.25, 0.3) is 10.2 Å². The Kier molecular flexibility index (Phi) is 5.82. The summed E-state index contributed by atoms with van der Waals surface area (Å²) in [5.74, 6) is 2.88. The van der Waals surface area contributed by atoms with Gasteiger partial charge in [0.1, 0.15) is 22.2 Å². The van der Waals surface area contributed by atoms with Crippen LogP contribution in [0.3, 0.4) is 0 Å². The van der Waals surface area contributed by atoms with Gasteiger partial charge in [0.25, 0.3) is 0 Å². The maximum Gasteiger partial charge on any atom is 0.146 e. The Labute approximate surface area is 187 Å². The van der Waals surface area contributed by atoms with Crippen molar-refractivity contribution in [1.29, 1.82) is 0 Å². The third kappa shape index (κ3) is 4.14. The molecule has 1 saturated heterocycles. The van der Waals surface area contributed by atoms with E-state index >= 15 is 0 Å². The number of hydrogen-bond donors (Lipinski definition) is 0. The van der Waals surface area contributed by atoms with Gasteiger partial charge in [0.05, 0.1) is 32.3 Å². The molecule has 0 saturated carbocycles. The quantitative estimate of drug-likeness (QED) is 0.581. The van der Waals surface area contributed by atoms with Crippen LogP contribution in [0.4, 0.5) is 5.82 Å². The summed E-state index contributed by atoms with van der Waals surface area (Å²) in [5, 5.41) is 1.26. The minimum Gasteiger partial charge on any atom is -0.496 e. The van der Waals surface area contributed by atoms with E-state index in [4.69, 9.17) is 19.4 Å². The maximum absolute atomic E-state index is 5.63. The van der Waals surface area contributed by atoms with Crippen LogP contribution in [-0.4, -0.2) is 55.3 Å². The van der Waals surface area contributed by atoms with Crippen molar-refractivity contribution in [2.75, 3.05) is 45.4 Å². The van der Waals surface area contributed by atoms with E-state index in [-0.39, 0.29) is 0 Å². The Hall–Kier alpha value is -2.22. The SMILES string of the molecule is COc1ccc(C)cc1CN(C)c1nc(CN2CCOCC2)nc2sc3c(c12)CCC3. The van der Waals surface area contributed by atoms with Gasteiger partial charge in [0.2, 0.25) is 0 Å². The molecule has 0 amide bonds. The number of nitrogens with zero attached hydrogens (tertiary/aromatic N) is 4. The standard InChI is InChI=1S/C24H30N4O2S/c1-16-7-8-19(29-3)17(13-16)14-27(2)23-22-18-5-4-6-20(18)31-24(22)26-21(25-23)15-28-9-11-30-12-10-28/h7-8,13H,4-6,9-12,14-15H2,1-3H3. The van der Waals surface area contributed by atoms with Gasteiger partial charge in [-0.3, -0.25) is 4.90 Å². The van der Waals surface area contributed by atoms with Crippen molar-refractivity contribution in [1.82, 2.24) is 14.9 Å². The molecule has 164 valence electrons. The Bertz CT molecular complexity index is 1090. The molecule has 0 unspecified atom stereocenters. The van der Waals surface area contributed by atoms with Gasteiger partial charge in [-0.1, -0.05) is 17.7 Å². The zero-order valence-electron chi connectivity index (χ0n) is 18.6. The first-order valence-electron chi connectivity index (χ1n) is 11.1. The average Bonchev–Trinajstić information content (AvgIpc) is 3.35. The van der Waals surface area contributed by atoms with Crippen LogP contribution >= 0.6 is 11.3 Å². The van der Waals surface area contributed by atoms with Crippen LogP contribution in [0.2, 0.25) is 0 Å². The molecule has 6 nitrogen and oxygen atoms in total. The van der Waals surface area contributed by atoms with Gasteiger partial charge in [-0.05, 0) is 37.8 Å². The molecular formula is C24H30N4O2S. The largest absolute Gasteiger partial charge is 0.496 e. The van der Waals surface area contributed by atoms with Crippen LogP contribution in [0.1, 0.15) is 33.8 Å². The lowest BCUT2D eigenvalue weighted by Gasteiger charge is -2.26. The molecule has 0 spiro atoms.